The number of aromatic amines is 1. The maximum Gasteiger partial charge on any atom is 0.316 e. The molecule has 0 aliphatic carbocycles. The average Bonchev–Trinajstić information content (AvgIpc) is 3.36. The quantitative estimate of drug-likeness (QED) is 0.535. The summed E-state index contributed by atoms with van der Waals surface area (Å²) in [6.07, 6.45) is 2.54. The molecule has 2 aromatic heterocycles. The van der Waals surface area contributed by atoms with E-state index in [2.05, 4.69) is 20.4 Å². The summed E-state index contributed by atoms with van der Waals surface area (Å²) in [6.45, 7) is 0.400. The van der Waals surface area contributed by atoms with Gasteiger partial charge in [0.1, 0.15) is 11.6 Å². The molecule has 0 saturated heterocycles. The van der Waals surface area contributed by atoms with Crippen LogP contribution in [0.4, 0.5) is 4.39 Å². The molecular formula is C20H17FN4O3. The summed E-state index contributed by atoms with van der Waals surface area (Å²) in [5, 5.41) is 7.58. The van der Waals surface area contributed by atoms with Crippen LogP contribution in [0, 0.1) is 5.82 Å². The number of carbonyl (C=O) groups is 1. The Labute approximate surface area is 159 Å². The van der Waals surface area contributed by atoms with Crippen LogP contribution in [0.25, 0.3) is 22.3 Å². The van der Waals surface area contributed by atoms with Crippen LogP contribution in [0.1, 0.15) is 16.2 Å². The van der Waals surface area contributed by atoms with Gasteiger partial charge in [0.15, 0.2) is 0 Å². The molecule has 0 aliphatic rings. The van der Waals surface area contributed by atoms with Crippen LogP contribution >= 0.6 is 0 Å². The highest BCUT2D eigenvalue weighted by Crippen LogP contribution is 2.23. The Hall–Kier alpha value is -3.68. The standard InChI is InChI=1S/C20H17FN4O3/c1-27-15-6-7-17-16(10-15)13(11-23-17)8-9-22-19(26)20-24-18(25-28-20)12-2-4-14(21)5-3-12/h2-7,10-11,23H,8-9H2,1H3,(H,22,26). The van der Waals surface area contributed by atoms with Crippen molar-refractivity contribution < 1.29 is 18.4 Å². The van der Waals surface area contributed by atoms with Gasteiger partial charge in [-0.2, -0.15) is 4.98 Å². The zero-order valence-electron chi connectivity index (χ0n) is 15.0. The molecule has 7 nitrogen and oxygen atoms in total. The predicted octanol–water partition coefficient (Wildman–Crippen LogP) is 3.34. The molecule has 0 spiro atoms. The summed E-state index contributed by atoms with van der Waals surface area (Å²) < 4.78 is 23.3. The van der Waals surface area contributed by atoms with E-state index >= 15 is 0 Å². The molecule has 2 aromatic carbocycles. The number of fused-ring (bicyclic) bond motifs is 1. The molecule has 2 N–H and O–H groups in total. The number of benzene rings is 2. The average molecular weight is 380 g/mol. The van der Waals surface area contributed by atoms with Gasteiger partial charge in [0.05, 0.1) is 7.11 Å². The Kier molecular flexibility index (Phi) is 4.76. The number of methoxy groups -OCH3 is 1. The molecule has 4 aromatic rings. The van der Waals surface area contributed by atoms with Crippen molar-refractivity contribution in [1.82, 2.24) is 20.4 Å². The third-order valence-corrected chi connectivity index (χ3v) is 4.38. The number of amides is 1. The van der Waals surface area contributed by atoms with E-state index in [-0.39, 0.29) is 17.5 Å². The molecule has 142 valence electrons. The van der Waals surface area contributed by atoms with Crippen LogP contribution in [-0.4, -0.2) is 34.7 Å². The number of hydrogen-bond acceptors (Lipinski definition) is 5. The highest BCUT2D eigenvalue weighted by Gasteiger charge is 2.16. The van der Waals surface area contributed by atoms with E-state index in [1.54, 1.807) is 7.11 Å². The van der Waals surface area contributed by atoms with E-state index in [4.69, 9.17) is 9.26 Å². The summed E-state index contributed by atoms with van der Waals surface area (Å²) in [5.41, 5.74) is 2.63. The largest absolute Gasteiger partial charge is 0.497 e. The lowest BCUT2D eigenvalue weighted by Gasteiger charge is -2.03. The first kappa shape index (κ1) is 17.7. The predicted molar refractivity (Wildman–Crippen MR) is 101 cm³/mol. The van der Waals surface area contributed by atoms with E-state index in [1.165, 1.54) is 24.3 Å². The smallest absolute Gasteiger partial charge is 0.316 e. The van der Waals surface area contributed by atoms with Crippen molar-refractivity contribution in [1.29, 1.82) is 0 Å². The second-order valence-corrected chi connectivity index (χ2v) is 6.16. The first-order valence-corrected chi connectivity index (χ1v) is 8.66. The van der Waals surface area contributed by atoms with Gasteiger partial charge in [-0.05, 0) is 54.4 Å². The lowest BCUT2D eigenvalue weighted by molar-refractivity contribution is 0.0910. The molecule has 28 heavy (non-hydrogen) atoms. The van der Waals surface area contributed by atoms with Crippen molar-refractivity contribution in [2.75, 3.05) is 13.7 Å². The van der Waals surface area contributed by atoms with E-state index in [1.807, 2.05) is 24.4 Å². The highest BCUT2D eigenvalue weighted by atomic mass is 19.1. The summed E-state index contributed by atoms with van der Waals surface area (Å²) in [7, 11) is 1.62. The minimum Gasteiger partial charge on any atom is -0.497 e. The van der Waals surface area contributed by atoms with Crippen LogP contribution < -0.4 is 10.1 Å². The number of rotatable bonds is 6. The molecule has 8 heteroatoms. The SMILES string of the molecule is COc1ccc2[nH]cc(CCNC(=O)c3nc(-c4ccc(F)cc4)no3)c2c1. The summed E-state index contributed by atoms with van der Waals surface area (Å²) in [5.74, 6) is 0.0451. The van der Waals surface area contributed by atoms with Crippen LogP contribution in [0.3, 0.4) is 0 Å². The maximum atomic E-state index is 13.0. The second kappa shape index (κ2) is 7.51. The van der Waals surface area contributed by atoms with Crippen LogP contribution in [0.15, 0.2) is 53.2 Å². The molecule has 4 rings (SSSR count). The molecule has 0 atom stereocenters. The maximum absolute atomic E-state index is 13.0. The second-order valence-electron chi connectivity index (χ2n) is 6.16. The van der Waals surface area contributed by atoms with Gasteiger partial charge < -0.3 is 19.6 Å². The van der Waals surface area contributed by atoms with Crippen molar-refractivity contribution >= 4 is 16.8 Å². The molecule has 0 saturated carbocycles. The fraction of sp³-hybridized carbons (Fsp3) is 0.150. The lowest BCUT2D eigenvalue weighted by atomic mass is 10.1. The molecule has 0 aliphatic heterocycles. The van der Waals surface area contributed by atoms with Gasteiger partial charge >= 0.3 is 11.8 Å². The molecule has 0 radical (unpaired) electrons. The zero-order chi connectivity index (χ0) is 19.5. The Bertz CT molecular complexity index is 1120. The number of halogens is 1. The molecule has 1 amide bonds. The third kappa shape index (κ3) is 3.57. The zero-order valence-corrected chi connectivity index (χ0v) is 15.0. The van der Waals surface area contributed by atoms with Gasteiger partial charge in [0.2, 0.25) is 5.82 Å². The van der Waals surface area contributed by atoms with Crippen molar-refractivity contribution in [3.63, 3.8) is 0 Å². The van der Waals surface area contributed by atoms with E-state index in [0.29, 0.717) is 18.5 Å². The van der Waals surface area contributed by atoms with Gasteiger partial charge in [-0.25, -0.2) is 4.39 Å². The lowest BCUT2D eigenvalue weighted by Crippen LogP contribution is -2.25. The molecule has 0 fully saturated rings. The molecule has 0 unspecified atom stereocenters. The van der Waals surface area contributed by atoms with Crippen LogP contribution in [0.2, 0.25) is 0 Å². The fourth-order valence-corrected chi connectivity index (χ4v) is 2.91. The number of nitrogens with zero attached hydrogens (tertiary/aromatic N) is 2. The Morgan fingerprint density at radius 2 is 2.07 bits per heavy atom. The first-order valence-electron chi connectivity index (χ1n) is 8.66. The fourth-order valence-electron chi connectivity index (χ4n) is 2.91. The van der Waals surface area contributed by atoms with E-state index < -0.39 is 5.91 Å². The van der Waals surface area contributed by atoms with Crippen molar-refractivity contribution in [2.45, 2.75) is 6.42 Å². The number of hydrogen-bond donors (Lipinski definition) is 2. The third-order valence-electron chi connectivity index (χ3n) is 4.38. The number of aromatic nitrogens is 3. The van der Waals surface area contributed by atoms with E-state index in [9.17, 15) is 9.18 Å². The Morgan fingerprint density at radius 1 is 1.25 bits per heavy atom. The van der Waals surface area contributed by atoms with E-state index in [0.717, 1.165) is 22.2 Å². The summed E-state index contributed by atoms with van der Waals surface area (Å²) in [6, 6.07) is 11.4. The van der Waals surface area contributed by atoms with Crippen molar-refractivity contribution in [2.24, 2.45) is 0 Å². The minimum atomic E-state index is -0.460. The monoisotopic (exact) mass is 380 g/mol. The number of H-pyrrole nitrogens is 1. The van der Waals surface area contributed by atoms with Gasteiger partial charge in [-0.3, -0.25) is 4.79 Å². The normalized spacial score (nSPS) is 10.9. The Morgan fingerprint density at radius 3 is 2.86 bits per heavy atom. The van der Waals surface area contributed by atoms with Crippen LogP contribution in [0.5, 0.6) is 5.75 Å². The van der Waals surface area contributed by atoms with Gasteiger partial charge in [0, 0.05) is 29.2 Å². The summed E-state index contributed by atoms with van der Waals surface area (Å²) >= 11 is 0. The Balaban J connectivity index is 1.39. The van der Waals surface area contributed by atoms with Crippen LogP contribution in [-0.2, 0) is 6.42 Å². The first-order chi connectivity index (χ1) is 13.6. The van der Waals surface area contributed by atoms with Gasteiger partial charge in [-0.1, -0.05) is 5.16 Å². The van der Waals surface area contributed by atoms with Gasteiger partial charge in [-0.15, -0.1) is 0 Å². The topological polar surface area (TPSA) is 93.0 Å². The number of nitrogens with one attached hydrogen (secondary N) is 2. The number of carbonyl (C=O) groups excluding carboxylic acids is 1. The summed E-state index contributed by atoms with van der Waals surface area (Å²) in [4.78, 5) is 19.5. The minimum absolute atomic E-state index is 0.139. The van der Waals surface area contributed by atoms with Crippen molar-refractivity contribution in [3.8, 4) is 17.1 Å². The highest BCUT2D eigenvalue weighted by molar-refractivity contribution is 5.90. The number of ether oxygens (including phenoxy) is 1. The molecule has 0 bridgehead atoms. The molecule has 2 heterocycles. The van der Waals surface area contributed by atoms with Crippen molar-refractivity contribution in [3.05, 3.63) is 65.9 Å². The molecular weight excluding hydrogens is 363 g/mol. The van der Waals surface area contributed by atoms with Gasteiger partial charge in [0.25, 0.3) is 0 Å².